The number of ether oxygens (including phenoxy) is 2. The lowest BCUT2D eigenvalue weighted by atomic mass is 9.91. The summed E-state index contributed by atoms with van der Waals surface area (Å²) < 4.78 is 11.3. The second-order valence-electron chi connectivity index (χ2n) is 5.34. The van der Waals surface area contributed by atoms with Gasteiger partial charge in [0, 0.05) is 17.5 Å². The molecule has 6 heteroatoms. The first-order chi connectivity index (χ1) is 9.34. The van der Waals surface area contributed by atoms with Gasteiger partial charge in [0.15, 0.2) is 0 Å². The van der Waals surface area contributed by atoms with Gasteiger partial charge in [0.25, 0.3) is 0 Å². The van der Waals surface area contributed by atoms with E-state index in [1.165, 1.54) is 0 Å². The predicted octanol–water partition coefficient (Wildman–Crippen LogP) is 1.94. The Hall–Kier alpha value is -2.24. The fourth-order valence-electron chi connectivity index (χ4n) is 2.29. The molecule has 0 fully saturated rings. The fourth-order valence-corrected chi connectivity index (χ4v) is 2.29. The van der Waals surface area contributed by atoms with Crippen LogP contribution in [-0.2, 0) is 0 Å². The summed E-state index contributed by atoms with van der Waals surface area (Å²) in [6.07, 6.45) is 0.575. The molecule has 6 nitrogen and oxygen atoms in total. The van der Waals surface area contributed by atoms with E-state index in [1.807, 2.05) is 32.9 Å². The highest BCUT2D eigenvalue weighted by molar-refractivity contribution is 6.05. The second-order valence-corrected chi connectivity index (χ2v) is 5.34. The van der Waals surface area contributed by atoms with Crippen molar-refractivity contribution in [3.63, 3.8) is 0 Å². The Bertz CT molecular complexity index is 579. The first-order valence-electron chi connectivity index (χ1n) is 6.33. The minimum atomic E-state index is -0.686. The highest BCUT2D eigenvalue weighted by atomic mass is 16.5. The summed E-state index contributed by atoms with van der Waals surface area (Å²) in [5.41, 5.74) is 9.42. The van der Waals surface area contributed by atoms with Crippen LogP contribution in [0.1, 0.15) is 31.4 Å². The third kappa shape index (κ3) is 2.68. The Labute approximate surface area is 117 Å². The normalized spacial score (nSPS) is 18.1. The van der Waals surface area contributed by atoms with E-state index in [2.05, 4.69) is 10.5 Å². The summed E-state index contributed by atoms with van der Waals surface area (Å²) in [6, 6.07) is 3.04. The molecule has 0 saturated heterocycles. The molecule has 0 aromatic heterocycles. The average molecular weight is 277 g/mol. The van der Waals surface area contributed by atoms with Crippen molar-refractivity contribution in [1.29, 1.82) is 0 Å². The number of nitrogens with two attached hydrogens (primary N) is 1. The van der Waals surface area contributed by atoms with Crippen molar-refractivity contribution in [2.75, 3.05) is 7.11 Å². The molecule has 0 spiro atoms. The number of rotatable bonds is 2. The van der Waals surface area contributed by atoms with Crippen molar-refractivity contribution < 1.29 is 14.3 Å². The maximum absolute atomic E-state index is 10.8. The smallest absolute Gasteiger partial charge is 0.332 e. The molecule has 2 amide bonds. The topological polar surface area (TPSA) is 85.9 Å². The van der Waals surface area contributed by atoms with Crippen LogP contribution < -0.4 is 20.6 Å². The number of carbonyl (C=O) groups is 1. The number of hydrogen-bond donors (Lipinski definition) is 2. The number of hydrazone groups is 1. The van der Waals surface area contributed by atoms with E-state index >= 15 is 0 Å². The number of methoxy groups -OCH3 is 1. The van der Waals surface area contributed by atoms with Crippen LogP contribution in [0.4, 0.5) is 4.79 Å². The molecule has 1 aliphatic rings. The minimum Gasteiger partial charge on any atom is -0.496 e. The molecule has 3 N–H and O–H groups in total. The standard InChI is InChI=1S/C14H19N3O3/c1-8-11(19-4)6-5-9-10(16-17-13(15)18)7-14(2,3)20-12(8)9/h5-6H,7H2,1-4H3,(H3,15,17,18). The van der Waals surface area contributed by atoms with Crippen molar-refractivity contribution in [3.05, 3.63) is 23.3 Å². The summed E-state index contributed by atoms with van der Waals surface area (Å²) in [4.78, 5) is 10.8. The largest absolute Gasteiger partial charge is 0.496 e. The molecule has 1 aromatic carbocycles. The third-order valence-corrected chi connectivity index (χ3v) is 3.16. The zero-order valence-electron chi connectivity index (χ0n) is 12.1. The first kappa shape index (κ1) is 14.2. The van der Waals surface area contributed by atoms with Crippen LogP contribution >= 0.6 is 0 Å². The summed E-state index contributed by atoms with van der Waals surface area (Å²) in [5, 5.41) is 4.09. The van der Waals surface area contributed by atoms with Gasteiger partial charge >= 0.3 is 6.03 Å². The molecular weight excluding hydrogens is 258 g/mol. The predicted molar refractivity (Wildman–Crippen MR) is 76.3 cm³/mol. The number of nitrogens with one attached hydrogen (secondary N) is 1. The fraction of sp³-hybridized carbons (Fsp3) is 0.429. The van der Waals surface area contributed by atoms with Crippen LogP contribution in [-0.4, -0.2) is 24.5 Å². The van der Waals surface area contributed by atoms with Crippen LogP contribution in [0, 0.1) is 6.92 Å². The van der Waals surface area contributed by atoms with E-state index in [4.69, 9.17) is 15.2 Å². The molecule has 0 atom stereocenters. The summed E-state index contributed by atoms with van der Waals surface area (Å²) in [5.74, 6) is 1.48. The van der Waals surface area contributed by atoms with Crippen molar-refractivity contribution in [3.8, 4) is 11.5 Å². The molecule has 20 heavy (non-hydrogen) atoms. The van der Waals surface area contributed by atoms with Crippen LogP contribution in [0.25, 0.3) is 0 Å². The lowest BCUT2D eigenvalue weighted by Gasteiger charge is -2.34. The Morgan fingerprint density at radius 1 is 1.50 bits per heavy atom. The highest BCUT2D eigenvalue weighted by Gasteiger charge is 2.33. The maximum atomic E-state index is 10.8. The van der Waals surface area contributed by atoms with Gasteiger partial charge in [0.2, 0.25) is 0 Å². The molecule has 1 aromatic rings. The zero-order valence-corrected chi connectivity index (χ0v) is 12.1. The maximum Gasteiger partial charge on any atom is 0.332 e. The number of benzene rings is 1. The van der Waals surface area contributed by atoms with Crippen molar-refractivity contribution in [1.82, 2.24) is 5.43 Å². The molecule has 2 rings (SSSR count). The van der Waals surface area contributed by atoms with E-state index in [0.29, 0.717) is 6.42 Å². The van der Waals surface area contributed by atoms with Crippen LogP contribution in [0.5, 0.6) is 11.5 Å². The number of nitrogens with zero attached hydrogens (tertiary/aromatic N) is 1. The number of primary amides is 1. The lowest BCUT2D eigenvalue weighted by Crippen LogP contribution is -2.38. The SMILES string of the molecule is COc1ccc2c(c1C)OC(C)(C)CC2=NNC(N)=O. The number of hydrogen-bond acceptors (Lipinski definition) is 4. The van der Waals surface area contributed by atoms with Gasteiger partial charge in [-0.25, -0.2) is 10.2 Å². The van der Waals surface area contributed by atoms with Crippen LogP contribution in [0.2, 0.25) is 0 Å². The van der Waals surface area contributed by atoms with Gasteiger partial charge in [-0.2, -0.15) is 5.10 Å². The first-order valence-corrected chi connectivity index (χ1v) is 6.33. The van der Waals surface area contributed by atoms with Crippen molar-refractivity contribution in [2.45, 2.75) is 32.8 Å². The third-order valence-electron chi connectivity index (χ3n) is 3.16. The monoisotopic (exact) mass is 277 g/mol. The molecule has 108 valence electrons. The minimum absolute atomic E-state index is 0.414. The van der Waals surface area contributed by atoms with Crippen molar-refractivity contribution in [2.24, 2.45) is 10.8 Å². The van der Waals surface area contributed by atoms with E-state index in [0.717, 1.165) is 28.3 Å². The van der Waals surface area contributed by atoms with E-state index in [1.54, 1.807) is 7.11 Å². The highest BCUT2D eigenvalue weighted by Crippen LogP contribution is 2.39. The van der Waals surface area contributed by atoms with E-state index in [9.17, 15) is 4.79 Å². The zero-order chi connectivity index (χ0) is 14.9. The van der Waals surface area contributed by atoms with Gasteiger partial charge in [-0.15, -0.1) is 0 Å². The Kier molecular flexibility index (Phi) is 3.57. The Morgan fingerprint density at radius 3 is 2.80 bits per heavy atom. The van der Waals surface area contributed by atoms with Gasteiger partial charge in [-0.05, 0) is 32.9 Å². The van der Waals surface area contributed by atoms with Gasteiger partial charge in [-0.1, -0.05) is 0 Å². The molecule has 1 heterocycles. The molecule has 0 aliphatic carbocycles. The molecular formula is C14H19N3O3. The Balaban J connectivity index is 2.53. The summed E-state index contributed by atoms with van der Waals surface area (Å²) in [6.45, 7) is 5.86. The second kappa shape index (κ2) is 5.03. The van der Waals surface area contributed by atoms with Gasteiger partial charge in [0.1, 0.15) is 17.1 Å². The van der Waals surface area contributed by atoms with Gasteiger partial charge in [0.05, 0.1) is 12.8 Å². The summed E-state index contributed by atoms with van der Waals surface area (Å²) in [7, 11) is 1.62. The Morgan fingerprint density at radius 2 is 2.20 bits per heavy atom. The number of urea groups is 1. The number of fused-ring (bicyclic) bond motifs is 1. The molecule has 0 bridgehead atoms. The molecule has 0 unspecified atom stereocenters. The van der Waals surface area contributed by atoms with Gasteiger partial charge < -0.3 is 15.2 Å². The number of amides is 2. The van der Waals surface area contributed by atoms with Crippen LogP contribution in [0.15, 0.2) is 17.2 Å². The summed E-state index contributed by atoms with van der Waals surface area (Å²) >= 11 is 0. The van der Waals surface area contributed by atoms with E-state index in [-0.39, 0.29) is 0 Å². The lowest BCUT2D eigenvalue weighted by molar-refractivity contribution is 0.109. The average Bonchev–Trinajstić information content (AvgIpc) is 2.36. The molecule has 0 radical (unpaired) electrons. The van der Waals surface area contributed by atoms with Gasteiger partial charge in [-0.3, -0.25) is 0 Å². The molecule has 1 aliphatic heterocycles. The molecule has 0 saturated carbocycles. The number of carbonyl (C=O) groups excluding carboxylic acids is 1. The van der Waals surface area contributed by atoms with E-state index < -0.39 is 11.6 Å². The van der Waals surface area contributed by atoms with Crippen molar-refractivity contribution >= 4 is 11.7 Å². The van der Waals surface area contributed by atoms with Crippen LogP contribution in [0.3, 0.4) is 0 Å². The quantitative estimate of drug-likeness (QED) is 0.810.